The number of hydrogen-bond donors (Lipinski definition) is 0. The van der Waals surface area contributed by atoms with Crippen LogP contribution in [0.15, 0.2) is 43.0 Å². The summed E-state index contributed by atoms with van der Waals surface area (Å²) in [7, 11) is 0. The molecule has 0 unspecified atom stereocenters. The molecule has 2 aromatic heterocycles. The fourth-order valence-electron chi connectivity index (χ4n) is 3.36. The largest absolute Gasteiger partial charge is 0.265 e. The maximum absolute atomic E-state index is 4.06. The Balaban J connectivity index is 1.43. The Hall–Kier alpha value is -1.70. The van der Waals surface area contributed by atoms with Crippen LogP contribution in [0, 0.1) is 13.8 Å². The second kappa shape index (κ2) is 11.0. The Morgan fingerprint density at radius 1 is 0.750 bits per heavy atom. The van der Waals surface area contributed by atoms with Gasteiger partial charge < -0.3 is 0 Å². The first-order valence-corrected chi connectivity index (χ1v) is 9.60. The number of hydrogen-bond acceptors (Lipinski definition) is 1. The van der Waals surface area contributed by atoms with Gasteiger partial charge in [0, 0.05) is 29.9 Å². The summed E-state index contributed by atoms with van der Waals surface area (Å²) in [6, 6.07) is 6.51. The van der Waals surface area contributed by atoms with Gasteiger partial charge in [-0.25, -0.2) is 4.57 Å². The van der Waals surface area contributed by atoms with Crippen molar-refractivity contribution in [2.75, 3.05) is 0 Å². The Labute approximate surface area is 148 Å². The second-order valence-corrected chi connectivity index (χ2v) is 7.06. The molecular formula is C22H33N2+. The van der Waals surface area contributed by atoms with Gasteiger partial charge in [-0.2, -0.15) is 0 Å². The van der Waals surface area contributed by atoms with Crippen molar-refractivity contribution in [2.45, 2.75) is 78.2 Å². The van der Waals surface area contributed by atoms with E-state index in [1.165, 1.54) is 74.5 Å². The van der Waals surface area contributed by atoms with Gasteiger partial charge in [0.1, 0.15) is 6.54 Å². The maximum atomic E-state index is 4.06. The molecule has 0 aromatic carbocycles. The molecule has 0 aliphatic rings. The fraction of sp³-hybridized carbons (Fsp3) is 0.545. The zero-order valence-corrected chi connectivity index (χ0v) is 15.5. The fourth-order valence-corrected chi connectivity index (χ4v) is 3.36. The lowest BCUT2D eigenvalue weighted by Gasteiger charge is -2.03. The third kappa shape index (κ3) is 7.72. The van der Waals surface area contributed by atoms with Crippen LogP contribution in [0.1, 0.15) is 68.1 Å². The van der Waals surface area contributed by atoms with Crippen LogP contribution in [-0.2, 0) is 13.0 Å². The maximum Gasteiger partial charge on any atom is 0.171 e. The molecule has 0 aliphatic carbocycles. The summed E-state index contributed by atoms with van der Waals surface area (Å²) in [6.45, 7) is 5.52. The molecule has 0 bridgehead atoms. The quantitative estimate of drug-likeness (QED) is 0.402. The lowest BCUT2D eigenvalue weighted by Crippen LogP contribution is -2.33. The van der Waals surface area contributed by atoms with E-state index in [2.05, 4.69) is 54.0 Å². The minimum absolute atomic E-state index is 1.16. The molecule has 24 heavy (non-hydrogen) atoms. The molecule has 0 fully saturated rings. The van der Waals surface area contributed by atoms with Gasteiger partial charge in [-0.3, -0.25) is 4.98 Å². The van der Waals surface area contributed by atoms with Gasteiger partial charge in [0.05, 0.1) is 0 Å². The Morgan fingerprint density at radius 2 is 1.29 bits per heavy atom. The summed E-state index contributed by atoms with van der Waals surface area (Å²) >= 11 is 0. The van der Waals surface area contributed by atoms with E-state index in [0.29, 0.717) is 0 Å². The molecule has 0 saturated heterocycles. The van der Waals surface area contributed by atoms with Crippen LogP contribution in [0.5, 0.6) is 0 Å². The van der Waals surface area contributed by atoms with E-state index in [1.54, 1.807) is 0 Å². The number of nitrogens with zero attached hydrogens (tertiary/aromatic N) is 2. The molecule has 0 saturated carbocycles. The highest BCUT2D eigenvalue weighted by atomic mass is 14.9. The van der Waals surface area contributed by atoms with Gasteiger partial charge in [-0.15, -0.1) is 0 Å². The zero-order valence-electron chi connectivity index (χ0n) is 15.5. The number of rotatable bonds is 11. The van der Waals surface area contributed by atoms with Crippen molar-refractivity contribution in [1.82, 2.24) is 4.98 Å². The van der Waals surface area contributed by atoms with Gasteiger partial charge in [0.25, 0.3) is 0 Å². The average Bonchev–Trinajstić information content (AvgIpc) is 2.56. The van der Waals surface area contributed by atoms with Crippen LogP contribution < -0.4 is 4.57 Å². The van der Waals surface area contributed by atoms with E-state index >= 15 is 0 Å². The van der Waals surface area contributed by atoms with E-state index in [-0.39, 0.29) is 0 Å². The van der Waals surface area contributed by atoms with Crippen LogP contribution in [0.25, 0.3) is 0 Å². The molecule has 130 valence electrons. The summed E-state index contributed by atoms with van der Waals surface area (Å²) in [5, 5.41) is 0. The molecule has 2 heterocycles. The van der Waals surface area contributed by atoms with Gasteiger partial charge in [0.2, 0.25) is 0 Å². The van der Waals surface area contributed by atoms with E-state index in [4.69, 9.17) is 0 Å². The topological polar surface area (TPSA) is 16.8 Å². The highest BCUT2D eigenvalue weighted by Gasteiger charge is 2.02. The number of aromatic nitrogens is 2. The monoisotopic (exact) mass is 325 g/mol. The lowest BCUT2D eigenvalue weighted by atomic mass is 10.0. The molecule has 0 aliphatic heterocycles. The molecule has 2 aromatic rings. The predicted molar refractivity (Wildman–Crippen MR) is 101 cm³/mol. The van der Waals surface area contributed by atoms with E-state index in [0.717, 1.165) is 6.54 Å². The van der Waals surface area contributed by atoms with E-state index in [9.17, 15) is 0 Å². The number of unbranched alkanes of at least 4 members (excludes halogenated alkanes) is 7. The molecule has 0 spiro atoms. The van der Waals surface area contributed by atoms with Crippen molar-refractivity contribution in [1.29, 1.82) is 0 Å². The van der Waals surface area contributed by atoms with Crippen molar-refractivity contribution >= 4 is 0 Å². The predicted octanol–water partition coefficient (Wildman–Crippen LogP) is 5.35. The second-order valence-electron chi connectivity index (χ2n) is 7.06. The van der Waals surface area contributed by atoms with Crippen molar-refractivity contribution < 1.29 is 4.57 Å². The molecular weight excluding hydrogens is 292 g/mol. The molecule has 0 amide bonds. The molecule has 0 radical (unpaired) electrons. The molecule has 2 heteroatoms. The molecule has 0 atom stereocenters. The van der Waals surface area contributed by atoms with Gasteiger partial charge in [-0.1, -0.05) is 32.1 Å². The van der Waals surface area contributed by atoms with Crippen LogP contribution in [0.2, 0.25) is 0 Å². The SMILES string of the molecule is Cc1cc(C)c[n+](CCCCCCCCCCc2ccncc2)c1. The summed E-state index contributed by atoms with van der Waals surface area (Å²) in [5.41, 5.74) is 4.15. The summed E-state index contributed by atoms with van der Waals surface area (Å²) < 4.78 is 2.35. The van der Waals surface area contributed by atoms with Crippen LogP contribution in [0.4, 0.5) is 0 Å². The lowest BCUT2D eigenvalue weighted by molar-refractivity contribution is -0.698. The third-order valence-corrected chi connectivity index (χ3v) is 4.58. The van der Waals surface area contributed by atoms with Gasteiger partial charge in [0.15, 0.2) is 12.4 Å². The minimum Gasteiger partial charge on any atom is -0.265 e. The standard InChI is InChI=1S/C22H33N2/c1-20-17-21(2)19-24(18-20)16-10-8-6-4-3-5-7-9-11-22-12-14-23-15-13-22/h12-15,17-19H,3-11,16H2,1-2H3/q+1. The number of aryl methyl sites for hydroxylation is 4. The van der Waals surface area contributed by atoms with Crippen LogP contribution in [-0.4, -0.2) is 4.98 Å². The normalized spacial score (nSPS) is 10.9. The number of pyridine rings is 2. The molecule has 2 rings (SSSR count). The van der Waals surface area contributed by atoms with Gasteiger partial charge in [-0.05, 0) is 56.9 Å². The first-order chi connectivity index (χ1) is 11.7. The smallest absolute Gasteiger partial charge is 0.171 e. The molecule has 0 N–H and O–H groups in total. The summed E-state index contributed by atoms with van der Waals surface area (Å²) in [5.74, 6) is 0. The first-order valence-electron chi connectivity index (χ1n) is 9.60. The van der Waals surface area contributed by atoms with Gasteiger partial charge >= 0.3 is 0 Å². The van der Waals surface area contributed by atoms with E-state index < -0.39 is 0 Å². The van der Waals surface area contributed by atoms with Crippen molar-refractivity contribution in [3.63, 3.8) is 0 Å². The zero-order chi connectivity index (χ0) is 17.0. The Kier molecular flexibility index (Phi) is 8.51. The highest BCUT2D eigenvalue weighted by Crippen LogP contribution is 2.11. The molecule has 2 nitrogen and oxygen atoms in total. The van der Waals surface area contributed by atoms with Crippen molar-refractivity contribution in [2.24, 2.45) is 0 Å². The first kappa shape index (κ1) is 18.6. The average molecular weight is 326 g/mol. The van der Waals surface area contributed by atoms with Crippen LogP contribution in [0.3, 0.4) is 0 Å². The Morgan fingerprint density at radius 3 is 1.92 bits per heavy atom. The summed E-state index contributed by atoms with van der Waals surface area (Å²) in [4.78, 5) is 4.06. The highest BCUT2D eigenvalue weighted by molar-refractivity contribution is 5.11. The van der Waals surface area contributed by atoms with Crippen LogP contribution >= 0.6 is 0 Å². The summed E-state index contributed by atoms with van der Waals surface area (Å²) in [6.07, 6.45) is 20.4. The van der Waals surface area contributed by atoms with Crippen molar-refractivity contribution in [3.8, 4) is 0 Å². The third-order valence-electron chi connectivity index (χ3n) is 4.58. The van der Waals surface area contributed by atoms with E-state index in [1.807, 2.05) is 12.4 Å². The van der Waals surface area contributed by atoms with Crippen molar-refractivity contribution in [3.05, 3.63) is 59.7 Å². The minimum atomic E-state index is 1.16. The Bertz CT molecular complexity index is 558.